The lowest BCUT2D eigenvalue weighted by atomic mass is 9.84. The number of nitrogens with zero attached hydrogens (tertiary/aromatic N) is 6. The van der Waals surface area contributed by atoms with E-state index in [-0.39, 0.29) is 188 Å². The number of piperidine rings is 1. The third-order valence-corrected chi connectivity index (χ3v) is 23.0. The average Bonchev–Trinajstić information content (AvgIpc) is 1.71. The number of nitrogens with one attached hydrogen (secondary N) is 11. The summed E-state index contributed by atoms with van der Waals surface area (Å²) in [5.41, 5.74) is 13.1. The number of guanidine groups is 1. The van der Waals surface area contributed by atoms with E-state index in [0.29, 0.717) is 48.6 Å². The summed E-state index contributed by atoms with van der Waals surface area (Å²) in [6.45, 7) is 9.32. The van der Waals surface area contributed by atoms with Gasteiger partial charge >= 0.3 is 13.6 Å². The van der Waals surface area contributed by atoms with E-state index >= 15 is 0 Å². The number of ether oxygens (including phenoxy) is 8. The Hall–Kier alpha value is -10.4. The highest BCUT2D eigenvalue weighted by molar-refractivity contribution is 7.51. The van der Waals surface area contributed by atoms with Gasteiger partial charge in [-0.05, 0) is 118 Å². The standard InChI is InChI=1S/C88H139N18O26P/c1-9-73(108)95-70(55-76(111)104(30-17-51-133(122,123)124)33-38-127-43-41-125-36-28-91-74(109)27-32-102(7)78-66-24-12-13-26-72(66)103(8)86(119)77(99-78)100-88(120)94-64-22-14-18-59(4)53-64)84(117)105(35-40-129-45-48-131-49-50-132-57-75(110)96-71(56-107)83(116)93-61(6)80(113)97-68-25-16-31-106(85(68)118)87(89)90)34-39-128-44-47-130-46-42-126-37-29-92-82(115)69(54-63-21-15-20-62-19-10-11-23-65(62)63)98-81(114)67(52-58(2)3)60(5)79(112)101-121/h12-15,18,20-22,24,26,53,58,60-61,67-71,77,85,107,118,121H,9-11,16-17,19,23,25,27-52,54-57H2,1-8H3,(H3,89,90)(H,91,109)(H,92,115)(H,93,116)(H,95,108)(H,96,110)(H,97,113)(H,98,114)(H,101,112)(H2,94,100,120)(H2,122,123,124). The number of urea groups is 1. The van der Waals surface area contributed by atoms with Gasteiger partial charge in [-0.25, -0.2) is 15.3 Å². The zero-order valence-electron chi connectivity index (χ0n) is 77.5. The molecule has 3 aromatic rings. The number of amides is 13. The van der Waals surface area contributed by atoms with Crippen LogP contribution in [0.4, 0.5) is 16.2 Å². The molecule has 45 heteroatoms. The third-order valence-electron chi connectivity index (χ3n) is 22.1. The number of likely N-dealkylation sites (tertiary alicyclic amines) is 1. The Morgan fingerprint density at radius 1 is 0.647 bits per heavy atom. The number of aliphatic imine (C=N–C) groups is 1. The average molecular weight is 1900 g/mol. The first-order chi connectivity index (χ1) is 63.6. The lowest BCUT2D eigenvalue weighted by molar-refractivity contribution is -0.142. The van der Waals surface area contributed by atoms with Crippen molar-refractivity contribution in [2.24, 2.45) is 28.5 Å². The quantitative estimate of drug-likeness (QED) is 0.00825. The molecular weight excluding hydrogens is 1760 g/mol. The predicted octanol–water partition coefficient (Wildman–Crippen LogP) is -0.753. The Bertz CT molecular complexity index is 4320. The first kappa shape index (κ1) is 111. The molecule has 0 spiro atoms. The number of carbonyl (C=O) groups excluding carboxylic acids is 12. The molecule has 2 aliphatic heterocycles. The van der Waals surface area contributed by atoms with Crippen LogP contribution in [-0.4, -0.2) is 355 Å². The molecule has 0 aromatic heterocycles. The van der Waals surface area contributed by atoms with Crippen molar-refractivity contribution in [3.8, 4) is 0 Å². The monoisotopic (exact) mass is 1890 g/mol. The maximum Gasteiger partial charge on any atom is 0.325 e. The van der Waals surface area contributed by atoms with Gasteiger partial charge in [0, 0.05) is 109 Å². The number of aliphatic hydroxyl groups excluding tert-OH is 2. The molecule has 742 valence electrons. The van der Waals surface area contributed by atoms with Gasteiger partial charge in [0.25, 0.3) is 5.91 Å². The number of para-hydroxylation sites is 1. The number of fused-ring (bicyclic) bond motifs is 2. The maximum absolute atomic E-state index is 14.8. The molecule has 9 unspecified atom stereocenters. The summed E-state index contributed by atoms with van der Waals surface area (Å²) >= 11 is 0. The van der Waals surface area contributed by atoms with Crippen LogP contribution in [0.5, 0.6) is 0 Å². The van der Waals surface area contributed by atoms with E-state index in [0.717, 1.165) is 42.4 Å². The van der Waals surface area contributed by atoms with Crippen LogP contribution in [0, 0.1) is 30.1 Å². The summed E-state index contributed by atoms with van der Waals surface area (Å²) in [7, 11) is -1.22. The molecule has 44 nitrogen and oxygen atoms in total. The van der Waals surface area contributed by atoms with E-state index in [9.17, 15) is 87.3 Å². The third kappa shape index (κ3) is 40.3. The Morgan fingerprint density at radius 2 is 1.25 bits per heavy atom. The highest BCUT2D eigenvalue weighted by Crippen LogP contribution is 2.35. The Morgan fingerprint density at radius 3 is 1.86 bits per heavy atom. The second kappa shape index (κ2) is 60.0. The van der Waals surface area contributed by atoms with Crippen molar-refractivity contribution in [2.75, 3.05) is 195 Å². The summed E-state index contributed by atoms with van der Waals surface area (Å²) in [6.07, 6.45) is 1.32. The van der Waals surface area contributed by atoms with E-state index in [2.05, 4.69) is 53.9 Å². The highest BCUT2D eigenvalue weighted by atomic mass is 31.2. The molecule has 1 aliphatic carbocycles. The Labute approximate surface area is 776 Å². The molecule has 6 rings (SSSR count). The van der Waals surface area contributed by atoms with Crippen molar-refractivity contribution in [3.05, 3.63) is 94.5 Å². The molecule has 18 N–H and O–H groups in total. The number of hydrogen-bond acceptors (Lipinski definition) is 27. The number of anilines is 2. The van der Waals surface area contributed by atoms with Crippen molar-refractivity contribution in [2.45, 2.75) is 161 Å². The largest absolute Gasteiger partial charge is 0.394 e. The van der Waals surface area contributed by atoms with Gasteiger partial charge in [0.2, 0.25) is 65.2 Å². The molecule has 9 atom stereocenters. The van der Waals surface area contributed by atoms with Gasteiger partial charge in [-0.3, -0.25) is 67.9 Å². The predicted molar refractivity (Wildman–Crippen MR) is 488 cm³/mol. The van der Waals surface area contributed by atoms with Crippen molar-refractivity contribution in [1.82, 2.24) is 67.6 Å². The van der Waals surface area contributed by atoms with Crippen molar-refractivity contribution >= 4 is 102 Å². The van der Waals surface area contributed by atoms with Crippen LogP contribution in [0.3, 0.4) is 0 Å². The topological polar surface area (TPSA) is 596 Å². The Balaban J connectivity index is 0.989. The molecule has 3 aliphatic rings. The summed E-state index contributed by atoms with van der Waals surface area (Å²) in [6, 6.07) is 13.8. The molecule has 133 heavy (non-hydrogen) atoms. The number of amidine groups is 1. The number of rotatable bonds is 61. The fraction of sp³-hybridized carbons (Fsp3) is 0.636. The van der Waals surface area contributed by atoms with Crippen molar-refractivity contribution < 1.29 is 125 Å². The lowest BCUT2D eigenvalue weighted by Gasteiger charge is -2.38. The number of hydroxylamine groups is 1. The maximum atomic E-state index is 14.8. The van der Waals surface area contributed by atoms with E-state index in [4.69, 9.17) is 54.0 Å². The highest BCUT2D eigenvalue weighted by Gasteiger charge is 2.38. The molecule has 0 radical (unpaired) electrons. The number of aliphatic hydroxyl groups is 2. The summed E-state index contributed by atoms with van der Waals surface area (Å²) in [5, 5.41) is 61.7. The molecule has 0 bridgehead atoms. The van der Waals surface area contributed by atoms with Gasteiger partial charge in [0.1, 0.15) is 42.8 Å². The zero-order valence-corrected chi connectivity index (χ0v) is 78.4. The minimum atomic E-state index is -4.53. The number of benzene rings is 3. The van der Waals surface area contributed by atoms with Gasteiger partial charge in [-0.1, -0.05) is 70.2 Å². The smallest absolute Gasteiger partial charge is 0.325 e. The zero-order chi connectivity index (χ0) is 97.4. The van der Waals surface area contributed by atoms with E-state index in [1.54, 1.807) is 80.8 Å². The number of nitrogens with two attached hydrogens (primary N) is 1. The van der Waals surface area contributed by atoms with Crippen LogP contribution in [0.2, 0.25) is 0 Å². The summed E-state index contributed by atoms with van der Waals surface area (Å²) in [4.78, 5) is 193. The van der Waals surface area contributed by atoms with Gasteiger partial charge < -0.3 is 136 Å². The van der Waals surface area contributed by atoms with Gasteiger partial charge in [-0.15, -0.1) is 0 Å². The minimum Gasteiger partial charge on any atom is -0.394 e. The summed E-state index contributed by atoms with van der Waals surface area (Å²) in [5.74, 6) is -8.41. The molecule has 0 saturated carbocycles. The van der Waals surface area contributed by atoms with Crippen molar-refractivity contribution in [1.29, 1.82) is 5.41 Å². The summed E-state index contributed by atoms with van der Waals surface area (Å²) < 4.78 is 57.9. The molecule has 13 amide bonds. The van der Waals surface area contributed by atoms with Crippen LogP contribution in [0.1, 0.15) is 120 Å². The van der Waals surface area contributed by atoms with Crippen LogP contribution in [0.25, 0.3) is 0 Å². The van der Waals surface area contributed by atoms with E-state index in [1.807, 2.05) is 39.0 Å². The van der Waals surface area contributed by atoms with Gasteiger partial charge in [0.15, 0.2) is 5.96 Å². The van der Waals surface area contributed by atoms with Crippen LogP contribution in [-0.2, 0) is 114 Å². The molecular formula is C88H139N18O26P. The number of hydrogen-bond donors (Lipinski definition) is 17. The fourth-order valence-corrected chi connectivity index (χ4v) is 15.3. The minimum absolute atomic E-state index is 0.00817. The Kier molecular flexibility index (Phi) is 50.2. The SMILES string of the molecule is CCC(=O)NC(CC(=O)N(CCCP(=O)(O)O)CCOCCOCCNC(=O)CCN(C)C1=NC(NC(=O)Nc2cccc(C)c2)C(=O)N(C)c2ccccc21)C(=O)N(CCOCCOCCOCCNC(=O)C(Cc1cccc2c1CCCC2)NC(=O)C(CC(C)C)C(C)C(=O)NO)CCOCCOCCOCC(=O)NC(CO)C(=O)NC(C)C(=O)NC1CCCN(C(=N)N)C1O. The number of likely N-dealkylation sites (N-methyl/N-ethyl adjacent to an activating group) is 1. The van der Waals surface area contributed by atoms with Gasteiger partial charge in [0.05, 0.1) is 130 Å². The fourth-order valence-electron chi connectivity index (χ4n) is 14.8. The first-order valence-corrected chi connectivity index (χ1v) is 46.9. The normalized spacial score (nSPS) is 16.2. The molecule has 1 saturated heterocycles. The number of benzodiazepines with no additional fused rings is 1. The number of carbonyl (C=O) groups is 12. The molecule has 1 fully saturated rings. The van der Waals surface area contributed by atoms with E-state index in [1.165, 1.54) is 32.1 Å². The first-order valence-electron chi connectivity index (χ1n) is 45.1. The van der Waals surface area contributed by atoms with Crippen LogP contribution < -0.4 is 64.0 Å². The lowest BCUT2D eigenvalue weighted by Crippen LogP contribution is -2.61. The van der Waals surface area contributed by atoms with Crippen LogP contribution in [0.15, 0.2) is 71.7 Å². The second-order valence-corrected chi connectivity index (χ2v) is 34.6. The van der Waals surface area contributed by atoms with Crippen molar-refractivity contribution in [3.63, 3.8) is 0 Å². The second-order valence-electron chi connectivity index (χ2n) is 32.8. The molecule has 2 heterocycles. The molecule has 3 aromatic carbocycles. The van der Waals surface area contributed by atoms with Gasteiger partial charge in [-0.2, -0.15) is 0 Å². The number of aryl methyl sites for hydroxylation is 2. The van der Waals surface area contributed by atoms with E-state index < -0.39 is 153 Å². The van der Waals surface area contributed by atoms with Crippen LogP contribution >= 0.6 is 7.60 Å².